The van der Waals surface area contributed by atoms with E-state index in [0.29, 0.717) is 24.9 Å². The van der Waals surface area contributed by atoms with E-state index in [9.17, 15) is 4.39 Å². The topological polar surface area (TPSA) is 58.5 Å². The quantitative estimate of drug-likeness (QED) is 0.409. The number of nitrogens with one attached hydrogen (secondary N) is 2. The van der Waals surface area contributed by atoms with Crippen molar-refractivity contribution in [1.29, 1.82) is 0 Å². The Bertz CT molecular complexity index is 649. The van der Waals surface area contributed by atoms with Gasteiger partial charge in [0, 0.05) is 32.4 Å². The van der Waals surface area contributed by atoms with Crippen LogP contribution in [0, 0.1) is 5.82 Å². The number of ether oxygens (including phenoxy) is 1. The molecule has 0 saturated carbocycles. The number of aliphatic imine (C=N–C) groups is 1. The van der Waals surface area contributed by atoms with E-state index in [2.05, 4.69) is 20.6 Å². The van der Waals surface area contributed by atoms with E-state index >= 15 is 0 Å². The normalized spacial score (nSPS) is 10.7. The zero-order valence-corrected chi connectivity index (χ0v) is 16.1. The van der Waals surface area contributed by atoms with Gasteiger partial charge in [0.2, 0.25) is 5.88 Å². The molecule has 2 N–H and O–H groups in total. The second-order valence-corrected chi connectivity index (χ2v) is 4.94. The van der Waals surface area contributed by atoms with E-state index in [0.717, 1.165) is 17.5 Å². The van der Waals surface area contributed by atoms with Gasteiger partial charge in [-0.25, -0.2) is 9.37 Å². The van der Waals surface area contributed by atoms with Gasteiger partial charge in [-0.05, 0) is 29.7 Å². The number of pyridine rings is 1. The van der Waals surface area contributed by atoms with Crippen molar-refractivity contribution in [2.45, 2.75) is 13.0 Å². The van der Waals surface area contributed by atoms with Crippen LogP contribution in [0.25, 0.3) is 0 Å². The molecule has 2 rings (SSSR count). The van der Waals surface area contributed by atoms with Crippen LogP contribution in [0.3, 0.4) is 0 Å². The maximum Gasteiger partial charge on any atom is 0.212 e. The van der Waals surface area contributed by atoms with Crippen molar-refractivity contribution >= 4 is 29.9 Å². The summed E-state index contributed by atoms with van der Waals surface area (Å²) in [4.78, 5) is 8.31. The summed E-state index contributed by atoms with van der Waals surface area (Å²) < 4.78 is 18.1. The highest BCUT2D eigenvalue weighted by Gasteiger charge is 2.00. The largest absolute Gasteiger partial charge is 0.481 e. The van der Waals surface area contributed by atoms with E-state index in [4.69, 9.17) is 4.74 Å². The molecular weight excluding hydrogens is 422 g/mol. The second-order valence-electron chi connectivity index (χ2n) is 4.94. The molecule has 0 aliphatic rings. The fourth-order valence-electron chi connectivity index (χ4n) is 2.06. The third kappa shape index (κ3) is 6.69. The first-order valence-electron chi connectivity index (χ1n) is 7.39. The van der Waals surface area contributed by atoms with Gasteiger partial charge in [0.05, 0.1) is 7.11 Å². The Morgan fingerprint density at radius 2 is 2.04 bits per heavy atom. The first kappa shape index (κ1) is 20.1. The van der Waals surface area contributed by atoms with Crippen molar-refractivity contribution in [3.05, 3.63) is 59.5 Å². The van der Waals surface area contributed by atoms with Crippen LogP contribution in [0.4, 0.5) is 4.39 Å². The van der Waals surface area contributed by atoms with Gasteiger partial charge < -0.3 is 15.4 Å². The van der Waals surface area contributed by atoms with Crippen molar-refractivity contribution < 1.29 is 9.13 Å². The summed E-state index contributed by atoms with van der Waals surface area (Å²) in [5.41, 5.74) is 1.98. The van der Waals surface area contributed by atoms with Crippen LogP contribution >= 0.6 is 24.0 Å². The molecule has 0 radical (unpaired) electrons. The summed E-state index contributed by atoms with van der Waals surface area (Å²) in [7, 11) is 3.30. The maximum atomic E-state index is 13.1. The number of guanidine groups is 1. The molecule has 7 heteroatoms. The average molecular weight is 444 g/mol. The molecule has 1 aromatic carbocycles. The van der Waals surface area contributed by atoms with Crippen molar-refractivity contribution in [3.63, 3.8) is 0 Å². The highest BCUT2D eigenvalue weighted by molar-refractivity contribution is 14.0. The number of hydrogen-bond acceptors (Lipinski definition) is 3. The Hall–Kier alpha value is -1.90. The molecule has 0 unspecified atom stereocenters. The Labute approximate surface area is 158 Å². The van der Waals surface area contributed by atoms with Gasteiger partial charge in [0.25, 0.3) is 0 Å². The van der Waals surface area contributed by atoms with Crippen LogP contribution in [0.15, 0.2) is 47.6 Å². The first-order valence-corrected chi connectivity index (χ1v) is 7.39. The molecule has 0 aliphatic carbocycles. The van der Waals surface area contributed by atoms with Crippen molar-refractivity contribution in [1.82, 2.24) is 15.6 Å². The highest BCUT2D eigenvalue weighted by atomic mass is 127. The average Bonchev–Trinajstić information content (AvgIpc) is 2.58. The number of aromatic nitrogens is 1. The first-order chi connectivity index (χ1) is 11.2. The Kier molecular flexibility index (Phi) is 9.06. The SMILES string of the molecule is CN=C(NCCc1cccc(F)c1)NCc1ccc(OC)nc1.I. The molecule has 0 fully saturated rings. The zero-order valence-electron chi connectivity index (χ0n) is 13.8. The molecule has 0 atom stereocenters. The predicted molar refractivity (Wildman–Crippen MR) is 105 cm³/mol. The summed E-state index contributed by atoms with van der Waals surface area (Å²) in [5.74, 6) is 1.07. The lowest BCUT2D eigenvalue weighted by Gasteiger charge is -2.12. The molecule has 0 aliphatic heterocycles. The number of rotatable bonds is 6. The van der Waals surface area contributed by atoms with E-state index in [-0.39, 0.29) is 29.8 Å². The number of methoxy groups -OCH3 is 1. The van der Waals surface area contributed by atoms with Crippen LogP contribution in [-0.2, 0) is 13.0 Å². The van der Waals surface area contributed by atoms with Gasteiger partial charge in [-0.2, -0.15) is 0 Å². The van der Waals surface area contributed by atoms with E-state index in [1.54, 1.807) is 32.5 Å². The minimum atomic E-state index is -0.211. The fraction of sp³-hybridized carbons (Fsp3) is 0.294. The lowest BCUT2D eigenvalue weighted by Crippen LogP contribution is -2.37. The minimum absolute atomic E-state index is 0. The third-order valence-corrected chi connectivity index (χ3v) is 3.29. The number of halogens is 2. The van der Waals surface area contributed by atoms with E-state index in [1.807, 2.05) is 18.2 Å². The number of nitrogens with zero attached hydrogens (tertiary/aromatic N) is 2. The molecule has 5 nitrogen and oxygen atoms in total. The Balaban J connectivity index is 0.00000288. The molecule has 0 amide bonds. The molecule has 24 heavy (non-hydrogen) atoms. The smallest absolute Gasteiger partial charge is 0.212 e. The zero-order chi connectivity index (χ0) is 16.5. The van der Waals surface area contributed by atoms with E-state index < -0.39 is 0 Å². The van der Waals surface area contributed by atoms with Crippen LogP contribution in [-0.4, -0.2) is 31.6 Å². The van der Waals surface area contributed by atoms with Crippen LogP contribution in [0.2, 0.25) is 0 Å². The predicted octanol–water partition coefficient (Wildman–Crippen LogP) is 2.76. The summed E-state index contributed by atoms with van der Waals surface area (Å²) >= 11 is 0. The molecule has 2 aromatic rings. The molecule has 130 valence electrons. The minimum Gasteiger partial charge on any atom is -0.481 e. The molecule has 1 heterocycles. The van der Waals surface area contributed by atoms with Crippen molar-refractivity contribution in [2.75, 3.05) is 20.7 Å². The molecule has 0 saturated heterocycles. The monoisotopic (exact) mass is 444 g/mol. The van der Waals surface area contributed by atoms with Gasteiger partial charge in [-0.1, -0.05) is 18.2 Å². The maximum absolute atomic E-state index is 13.1. The summed E-state index contributed by atoms with van der Waals surface area (Å²) in [6.07, 6.45) is 2.48. The molecule has 0 spiro atoms. The molecular formula is C17H22FIN4O. The lowest BCUT2D eigenvalue weighted by molar-refractivity contribution is 0.397. The van der Waals surface area contributed by atoms with Gasteiger partial charge in [-0.15, -0.1) is 24.0 Å². The van der Waals surface area contributed by atoms with Crippen molar-refractivity contribution in [3.8, 4) is 5.88 Å². The van der Waals surface area contributed by atoms with Crippen LogP contribution in [0.1, 0.15) is 11.1 Å². The second kappa shape index (κ2) is 10.8. The standard InChI is InChI=1S/C17H21FN4O.HI/c1-19-17(20-9-8-13-4-3-5-15(18)10-13)22-12-14-6-7-16(23-2)21-11-14;/h3-7,10-11H,8-9,12H2,1-2H3,(H2,19,20,22);1H. The summed E-state index contributed by atoms with van der Waals surface area (Å²) in [6.45, 7) is 1.28. The van der Waals surface area contributed by atoms with Crippen LogP contribution in [0.5, 0.6) is 5.88 Å². The lowest BCUT2D eigenvalue weighted by atomic mass is 10.1. The molecule has 1 aromatic heterocycles. The van der Waals surface area contributed by atoms with Crippen LogP contribution < -0.4 is 15.4 Å². The third-order valence-electron chi connectivity index (χ3n) is 3.29. The van der Waals surface area contributed by atoms with Gasteiger partial charge in [0.1, 0.15) is 5.82 Å². The summed E-state index contributed by atoms with van der Waals surface area (Å²) in [5, 5.41) is 6.41. The summed E-state index contributed by atoms with van der Waals surface area (Å²) in [6, 6.07) is 10.4. The Morgan fingerprint density at radius 3 is 2.67 bits per heavy atom. The number of benzene rings is 1. The molecule has 0 bridgehead atoms. The fourth-order valence-corrected chi connectivity index (χ4v) is 2.06. The Morgan fingerprint density at radius 1 is 1.21 bits per heavy atom. The highest BCUT2D eigenvalue weighted by Crippen LogP contribution is 2.06. The van der Waals surface area contributed by atoms with Gasteiger partial charge >= 0.3 is 0 Å². The van der Waals surface area contributed by atoms with Gasteiger partial charge in [-0.3, -0.25) is 4.99 Å². The van der Waals surface area contributed by atoms with Crippen molar-refractivity contribution in [2.24, 2.45) is 4.99 Å². The van der Waals surface area contributed by atoms with Gasteiger partial charge in [0.15, 0.2) is 5.96 Å². The van der Waals surface area contributed by atoms with E-state index in [1.165, 1.54) is 6.07 Å². The number of hydrogen-bond donors (Lipinski definition) is 2.